The standard InChI is InChI=1S/C24H30O2/c1-16(13-22(25)26)7-6-8-17-9-10-18-14-20-21(15-19(17)18)24(4,5)12-11-23(20,2)3/h6-8,13-15H,9-12H2,1-5H3,(H,25,26). The molecule has 0 radical (unpaired) electrons. The summed E-state index contributed by atoms with van der Waals surface area (Å²) < 4.78 is 0. The Morgan fingerprint density at radius 3 is 2.27 bits per heavy atom. The van der Waals surface area contributed by atoms with E-state index in [4.69, 9.17) is 5.11 Å². The van der Waals surface area contributed by atoms with Crippen molar-refractivity contribution in [3.05, 3.63) is 64.3 Å². The fourth-order valence-electron chi connectivity index (χ4n) is 4.30. The number of rotatable bonds is 3. The van der Waals surface area contributed by atoms with Gasteiger partial charge >= 0.3 is 5.97 Å². The summed E-state index contributed by atoms with van der Waals surface area (Å²) in [5, 5.41) is 8.80. The van der Waals surface area contributed by atoms with Crippen LogP contribution in [0.2, 0.25) is 0 Å². The normalized spacial score (nSPS) is 22.5. The van der Waals surface area contributed by atoms with Crippen LogP contribution in [0.4, 0.5) is 0 Å². The van der Waals surface area contributed by atoms with Gasteiger partial charge in [-0.25, -0.2) is 4.79 Å². The first-order valence-corrected chi connectivity index (χ1v) is 9.57. The summed E-state index contributed by atoms with van der Waals surface area (Å²) in [5.41, 5.74) is 8.49. The van der Waals surface area contributed by atoms with Crippen molar-refractivity contribution in [1.82, 2.24) is 0 Å². The molecule has 2 aliphatic rings. The largest absolute Gasteiger partial charge is 0.478 e. The molecule has 1 aromatic carbocycles. The van der Waals surface area contributed by atoms with Crippen LogP contribution in [0.1, 0.15) is 76.1 Å². The summed E-state index contributed by atoms with van der Waals surface area (Å²) in [4.78, 5) is 10.7. The van der Waals surface area contributed by atoms with Gasteiger partial charge in [0.15, 0.2) is 0 Å². The summed E-state index contributed by atoms with van der Waals surface area (Å²) >= 11 is 0. The van der Waals surface area contributed by atoms with Gasteiger partial charge in [-0.2, -0.15) is 0 Å². The SMILES string of the molecule is CC(C=CC=C1CCc2cc3c(cc21)C(C)(C)CCC3(C)C)=CC(=O)O. The molecule has 2 aliphatic carbocycles. The molecule has 0 saturated heterocycles. The van der Waals surface area contributed by atoms with Gasteiger partial charge in [0.05, 0.1) is 0 Å². The molecule has 3 rings (SSSR count). The van der Waals surface area contributed by atoms with E-state index in [1.54, 1.807) is 0 Å². The zero-order chi connectivity index (χ0) is 19.1. The highest BCUT2D eigenvalue weighted by Gasteiger charge is 2.38. The second kappa shape index (κ2) is 6.57. The van der Waals surface area contributed by atoms with Crippen LogP contribution < -0.4 is 0 Å². The summed E-state index contributed by atoms with van der Waals surface area (Å²) in [6.45, 7) is 11.3. The molecule has 2 nitrogen and oxygen atoms in total. The molecule has 0 heterocycles. The molecule has 1 aromatic rings. The van der Waals surface area contributed by atoms with Crippen molar-refractivity contribution in [3.8, 4) is 0 Å². The lowest BCUT2D eigenvalue weighted by molar-refractivity contribution is -0.131. The first-order chi connectivity index (χ1) is 12.1. The molecule has 0 aliphatic heterocycles. The lowest BCUT2D eigenvalue weighted by Crippen LogP contribution is -2.34. The number of carboxylic acid groups (broad SMARTS) is 1. The molecule has 1 N–H and O–H groups in total. The summed E-state index contributed by atoms with van der Waals surface area (Å²) in [5.74, 6) is -0.900. The fraction of sp³-hybridized carbons (Fsp3) is 0.458. The van der Waals surface area contributed by atoms with E-state index in [2.05, 4.69) is 45.9 Å². The second-order valence-electron chi connectivity index (χ2n) is 9.10. The minimum Gasteiger partial charge on any atom is -0.478 e. The molecule has 0 bridgehead atoms. The van der Waals surface area contributed by atoms with Gasteiger partial charge in [0, 0.05) is 6.08 Å². The Hall–Kier alpha value is -2.09. The Morgan fingerprint density at radius 2 is 1.65 bits per heavy atom. The molecule has 0 unspecified atom stereocenters. The molecular formula is C24H30O2. The van der Waals surface area contributed by atoms with Crippen molar-refractivity contribution in [2.75, 3.05) is 0 Å². The van der Waals surface area contributed by atoms with Gasteiger partial charge in [0.2, 0.25) is 0 Å². The van der Waals surface area contributed by atoms with E-state index in [1.165, 1.54) is 46.7 Å². The molecule has 2 heteroatoms. The number of benzene rings is 1. The third-order valence-corrected chi connectivity index (χ3v) is 6.09. The van der Waals surface area contributed by atoms with Crippen molar-refractivity contribution in [3.63, 3.8) is 0 Å². The Kier molecular flexibility index (Phi) is 4.72. The molecular weight excluding hydrogens is 320 g/mol. The van der Waals surface area contributed by atoms with Crippen LogP contribution in [0.15, 0.2) is 42.0 Å². The number of aliphatic carboxylic acids is 1. The Labute approximate surface area is 157 Å². The van der Waals surface area contributed by atoms with Crippen LogP contribution in [0, 0.1) is 0 Å². The van der Waals surface area contributed by atoms with Crippen molar-refractivity contribution in [1.29, 1.82) is 0 Å². The number of fused-ring (bicyclic) bond motifs is 2. The van der Waals surface area contributed by atoms with Crippen LogP contribution in [0.3, 0.4) is 0 Å². The Balaban J connectivity index is 1.98. The maximum atomic E-state index is 10.7. The highest BCUT2D eigenvalue weighted by Crippen LogP contribution is 2.48. The van der Waals surface area contributed by atoms with Crippen LogP contribution in [-0.2, 0) is 22.0 Å². The highest BCUT2D eigenvalue weighted by molar-refractivity contribution is 5.81. The molecule has 0 atom stereocenters. The van der Waals surface area contributed by atoms with E-state index < -0.39 is 5.97 Å². The van der Waals surface area contributed by atoms with Crippen LogP contribution in [0.5, 0.6) is 0 Å². The van der Waals surface area contributed by atoms with Gasteiger partial charge in [0.1, 0.15) is 0 Å². The predicted molar refractivity (Wildman–Crippen MR) is 109 cm³/mol. The van der Waals surface area contributed by atoms with Gasteiger partial charge in [-0.15, -0.1) is 0 Å². The number of hydrogen-bond donors (Lipinski definition) is 1. The fourth-order valence-corrected chi connectivity index (χ4v) is 4.30. The smallest absolute Gasteiger partial charge is 0.328 e. The number of allylic oxidation sites excluding steroid dienone is 5. The number of aryl methyl sites for hydroxylation is 1. The Morgan fingerprint density at radius 1 is 1.04 bits per heavy atom. The van der Waals surface area contributed by atoms with Gasteiger partial charge in [-0.05, 0) is 76.8 Å². The first-order valence-electron chi connectivity index (χ1n) is 9.57. The third kappa shape index (κ3) is 3.56. The maximum absolute atomic E-state index is 10.7. The number of carbonyl (C=O) groups is 1. The van der Waals surface area contributed by atoms with Gasteiger partial charge in [-0.3, -0.25) is 0 Å². The van der Waals surface area contributed by atoms with E-state index >= 15 is 0 Å². The lowest BCUT2D eigenvalue weighted by atomic mass is 9.62. The second-order valence-corrected chi connectivity index (χ2v) is 9.10. The highest BCUT2D eigenvalue weighted by atomic mass is 16.4. The van der Waals surface area contributed by atoms with Crippen LogP contribution in [-0.4, -0.2) is 11.1 Å². The monoisotopic (exact) mass is 350 g/mol. The maximum Gasteiger partial charge on any atom is 0.328 e. The van der Waals surface area contributed by atoms with E-state index in [1.807, 2.05) is 19.1 Å². The zero-order valence-corrected chi connectivity index (χ0v) is 16.6. The van der Waals surface area contributed by atoms with E-state index in [-0.39, 0.29) is 10.8 Å². The van der Waals surface area contributed by atoms with Crippen molar-refractivity contribution in [2.24, 2.45) is 0 Å². The van der Waals surface area contributed by atoms with Crippen LogP contribution in [0.25, 0.3) is 5.57 Å². The quantitative estimate of drug-likeness (QED) is 0.540. The molecule has 0 saturated carbocycles. The minimum atomic E-state index is -0.900. The molecule has 0 fully saturated rings. The molecule has 0 aromatic heterocycles. The predicted octanol–water partition coefficient (Wildman–Crippen LogP) is 5.95. The van der Waals surface area contributed by atoms with Crippen LogP contribution >= 0.6 is 0 Å². The van der Waals surface area contributed by atoms with Crippen molar-refractivity contribution >= 4 is 11.5 Å². The lowest BCUT2D eigenvalue weighted by Gasteiger charge is -2.42. The molecule has 0 amide bonds. The first kappa shape index (κ1) is 18.7. The molecule has 0 spiro atoms. The number of carboxylic acids is 1. The number of hydrogen-bond acceptors (Lipinski definition) is 1. The van der Waals surface area contributed by atoms with E-state index in [0.29, 0.717) is 0 Å². The topological polar surface area (TPSA) is 37.3 Å². The average molecular weight is 351 g/mol. The van der Waals surface area contributed by atoms with Gasteiger partial charge < -0.3 is 5.11 Å². The summed E-state index contributed by atoms with van der Waals surface area (Å²) in [6.07, 6.45) is 11.9. The van der Waals surface area contributed by atoms with Crippen molar-refractivity contribution < 1.29 is 9.90 Å². The average Bonchev–Trinajstić information content (AvgIpc) is 2.93. The van der Waals surface area contributed by atoms with E-state index in [9.17, 15) is 4.79 Å². The minimum absolute atomic E-state index is 0.226. The van der Waals surface area contributed by atoms with Crippen molar-refractivity contribution in [2.45, 2.75) is 71.1 Å². The van der Waals surface area contributed by atoms with Gasteiger partial charge in [-0.1, -0.05) is 58.1 Å². The van der Waals surface area contributed by atoms with E-state index in [0.717, 1.165) is 18.4 Å². The Bertz CT molecular complexity index is 832. The zero-order valence-electron chi connectivity index (χ0n) is 16.6. The molecule has 26 heavy (non-hydrogen) atoms. The molecule has 138 valence electrons. The summed E-state index contributed by atoms with van der Waals surface area (Å²) in [6, 6.07) is 4.91. The van der Waals surface area contributed by atoms with Gasteiger partial charge in [0.25, 0.3) is 0 Å². The summed E-state index contributed by atoms with van der Waals surface area (Å²) in [7, 11) is 0. The third-order valence-electron chi connectivity index (χ3n) is 6.09.